The maximum absolute atomic E-state index is 12.1. The molecule has 0 aromatic heterocycles. The molecule has 5 nitrogen and oxygen atoms in total. The van der Waals surface area contributed by atoms with Crippen LogP contribution in [0.1, 0.15) is 26.7 Å². The Bertz CT molecular complexity index is 356. The SMILES string of the molecule is CCOC(=O)C1(C(=O)OCC)O[C@@H]2C=C[C@H]1CC2. The summed E-state index contributed by atoms with van der Waals surface area (Å²) >= 11 is 0. The van der Waals surface area contributed by atoms with Gasteiger partial charge in [0.05, 0.1) is 19.3 Å². The highest BCUT2D eigenvalue weighted by Gasteiger charge is 2.60. The lowest BCUT2D eigenvalue weighted by Crippen LogP contribution is -2.61. The Morgan fingerprint density at radius 1 is 1.17 bits per heavy atom. The summed E-state index contributed by atoms with van der Waals surface area (Å²) in [6.07, 6.45) is 5.11. The second-order valence-corrected chi connectivity index (χ2v) is 4.40. The van der Waals surface area contributed by atoms with E-state index < -0.39 is 17.5 Å². The zero-order chi connectivity index (χ0) is 13.2. The first-order chi connectivity index (χ1) is 8.65. The van der Waals surface area contributed by atoms with Gasteiger partial charge in [0.25, 0.3) is 5.60 Å². The minimum absolute atomic E-state index is 0.205. The molecule has 0 N–H and O–H groups in total. The third-order valence-electron chi connectivity index (χ3n) is 3.34. The Balaban J connectivity index is 2.32. The van der Waals surface area contributed by atoms with E-state index in [1.807, 2.05) is 12.2 Å². The van der Waals surface area contributed by atoms with Crippen molar-refractivity contribution in [3.05, 3.63) is 12.2 Å². The van der Waals surface area contributed by atoms with E-state index in [1.165, 1.54) is 0 Å². The lowest BCUT2D eigenvalue weighted by molar-refractivity contribution is -0.212. The molecule has 3 rings (SSSR count). The molecule has 3 aliphatic rings. The molecule has 0 unspecified atom stereocenters. The average Bonchev–Trinajstić information content (AvgIpc) is 2.40. The van der Waals surface area contributed by atoms with Gasteiger partial charge >= 0.3 is 11.9 Å². The third kappa shape index (κ3) is 1.92. The summed E-state index contributed by atoms with van der Waals surface area (Å²) in [6, 6.07) is 0. The molecule has 100 valence electrons. The normalized spacial score (nSPS) is 27.9. The van der Waals surface area contributed by atoms with Crippen molar-refractivity contribution < 1.29 is 23.8 Å². The predicted molar refractivity (Wildman–Crippen MR) is 62.7 cm³/mol. The number of ether oxygens (including phenoxy) is 3. The highest BCUT2D eigenvalue weighted by atomic mass is 16.6. The van der Waals surface area contributed by atoms with Gasteiger partial charge in [0.1, 0.15) is 0 Å². The Hall–Kier alpha value is -1.36. The maximum Gasteiger partial charge on any atom is 0.350 e. The van der Waals surface area contributed by atoms with Gasteiger partial charge in [0.2, 0.25) is 0 Å². The van der Waals surface area contributed by atoms with Gasteiger partial charge in [-0.1, -0.05) is 12.2 Å². The summed E-state index contributed by atoms with van der Waals surface area (Å²) in [5.74, 6) is -1.56. The molecule has 1 fully saturated rings. The molecule has 0 radical (unpaired) electrons. The molecule has 0 saturated carbocycles. The van der Waals surface area contributed by atoms with E-state index >= 15 is 0 Å². The molecule has 0 aromatic carbocycles. The quantitative estimate of drug-likeness (QED) is 0.429. The lowest BCUT2D eigenvalue weighted by Gasteiger charge is -2.44. The van der Waals surface area contributed by atoms with Gasteiger partial charge in [0, 0.05) is 5.92 Å². The van der Waals surface area contributed by atoms with Crippen molar-refractivity contribution in [2.45, 2.75) is 38.4 Å². The fourth-order valence-electron chi connectivity index (χ4n) is 2.52. The monoisotopic (exact) mass is 254 g/mol. The number of rotatable bonds is 4. The summed E-state index contributed by atoms with van der Waals surface area (Å²) < 4.78 is 15.7. The molecular weight excluding hydrogens is 236 g/mol. The smallest absolute Gasteiger partial charge is 0.350 e. The molecule has 1 aliphatic carbocycles. The van der Waals surface area contributed by atoms with Crippen LogP contribution in [0.15, 0.2) is 12.2 Å². The van der Waals surface area contributed by atoms with Crippen LogP contribution in [0.3, 0.4) is 0 Å². The summed E-state index contributed by atoms with van der Waals surface area (Å²) in [6.45, 7) is 3.83. The van der Waals surface area contributed by atoms with Crippen molar-refractivity contribution in [3.63, 3.8) is 0 Å². The minimum atomic E-state index is -1.59. The van der Waals surface area contributed by atoms with Gasteiger partial charge in [-0.25, -0.2) is 9.59 Å². The number of hydrogen-bond donors (Lipinski definition) is 0. The summed E-state index contributed by atoms with van der Waals surface area (Å²) in [4.78, 5) is 24.3. The molecule has 0 spiro atoms. The van der Waals surface area contributed by atoms with Gasteiger partial charge in [-0.05, 0) is 26.7 Å². The molecule has 0 amide bonds. The van der Waals surface area contributed by atoms with Crippen LogP contribution in [0.5, 0.6) is 0 Å². The number of esters is 2. The molecular formula is C13H18O5. The molecule has 18 heavy (non-hydrogen) atoms. The minimum Gasteiger partial charge on any atom is -0.463 e. The van der Waals surface area contributed by atoms with E-state index in [2.05, 4.69) is 0 Å². The first-order valence-corrected chi connectivity index (χ1v) is 6.35. The zero-order valence-electron chi connectivity index (χ0n) is 10.7. The Morgan fingerprint density at radius 2 is 1.78 bits per heavy atom. The molecule has 1 saturated heterocycles. The molecule has 0 aromatic rings. The number of hydrogen-bond acceptors (Lipinski definition) is 5. The van der Waals surface area contributed by atoms with Crippen molar-refractivity contribution >= 4 is 11.9 Å². The molecule has 2 heterocycles. The highest BCUT2D eigenvalue weighted by Crippen LogP contribution is 2.41. The van der Waals surface area contributed by atoms with Gasteiger partial charge in [-0.3, -0.25) is 0 Å². The van der Waals surface area contributed by atoms with E-state index in [0.29, 0.717) is 0 Å². The number of carbonyl (C=O) groups excluding carboxylic acids is 2. The topological polar surface area (TPSA) is 61.8 Å². The van der Waals surface area contributed by atoms with Crippen molar-refractivity contribution in [2.24, 2.45) is 5.92 Å². The van der Waals surface area contributed by atoms with Crippen LogP contribution in [0, 0.1) is 5.92 Å². The van der Waals surface area contributed by atoms with Crippen LogP contribution in [-0.4, -0.2) is 36.9 Å². The van der Waals surface area contributed by atoms with Crippen LogP contribution in [0.4, 0.5) is 0 Å². The van der Waals surface area contributed by atoms with Crippen LogP contribution in [0.2, 0.25) is 0 Å². The van der Waals surface area contributed by atoms with E-state index in [9.17, 15) is 9.59 Å². The number of fused-ring (bicyclic) bond motifs is 2. The highest BCUT2D eigenvalue weighted by molar-refractivity contribution is 6.04. The molecule has 2 bridgehead atoms. The number of carbonyl (C=O) groups is 2. The second kappa shape index (κ2) is 5.10. The molecule has 2 aliphatic heterocycles. The van der Waals surface area contributed by atoms with Gasteiger partial charge in [-0.15, -0.1) is 0 Å². The van der Waals surface area contributed by atoms with Gasteiger partial charge in [0.15, 0.2) is 0 Å². The zero-order valence-corrected chi connectivity index (χ0v) is 10.7. The van der Waals surface area contributed by atoms with Gasteiger partial charge in [-0.2, -0.15) is 0 Å². The average molecular weight is 254 g/mol. The third-order valence-corrected chi connectivity index (χ3v) is 3.34. The van der Waals surface area contributed by atoms with E-state index in [-0.39, 0.29) is 25.2 Å². The fourth-order valence-corrected chi connectivity index (χ4v) is 2.52. The van der Waals surface area contributed by atoms with Crippen LogP contribution >= 0.6 is 0 Å². The Kier molecular flexibility index (Phi) is 3.71. The van der Waals surface area contributed by atoms with Crippen molar-refractivity contribution in [3.8, 4) is 0 Å². The van der Waals surface area contributed by atoms with E-state index in [1.54, 1.807) is 13.8 Å². The summed E-state index contributed by atoms with van der Waals surface area (Å²) in [7, 11) is 0. The van der Waals surface area contributed by atoms with Crippen molar-refractivity contribution in [1.29, 1.82) is 0 Å². The van der Waals surface area contributed by atoms with Crippen molar-refractivity contribution in [1.82, 2.24) is 0 Å². The van der Waals surface area contributed by atoms with Crippen LogP contribution in [0.25, 0.3) is 0 Å². The lowest BCUT2D eigenvalue weighted by atomic mass is 9.76. The first-order valence-electron chi connectivity index (χ1n) is 6.35. The molecule has 5 heteroatoms. The van der Waals surface area contributed by atoms with E-state index in [4.69, 9.17) is 14.2 Å². The summed E-state index contributed by atoms with van der Waals surface area (Å²) in [5.41, 5.74) is -1.59. The second-order valence-electron chi connectivity index (χ2n) is 4.40. The van der Waals surface area contributed by atoms with Crippen molar-refractivity contribution in [2.75, 3.05) is 13.2 Å². The maximum atomic E-state index is 12.1. The van der Waals surface area contributed by atoms with Crippen LogP contribution < -0.4 is 0 Å². The molecule has 2 atom stereocenters. The largest absolute Gasteiger partial charge is 0.463 e. The standard InChI is InChI=1S/C13H18O5/c1-3-16-11(14)13(12(15)17-4-2)9-5-7-10(18-13)8-6-9/h5,7,9-10H,3-4,6,8H2,1-2H3/t9-,10+/m0/s1. The van der Waals surface area contributed by atoms with Crippen LogP contribution in [-0.2, 0) is 23.8 Å². The van der Waals surface area contributed by atoms with Gasteiger partial charge < -0.3 is 14.2 Å². The fraction of sp³-hybridized carbons (Fsp3) is 0.692. The Morgan fingerprint density at radius 3 is 2.11 bits per heavy atom. The summed E-state index contributed by atoms with van der Waals surface area (Å²) in [5, 5.41) is 0. The predicted octanol–water partition coefficient (Wildman–Crippen LogP) is 1.22. The first kappa shape index (κ1) is 13.1. The Labute approximate surface area is 106 Å². The van der Waals surface area contributed by atoms with E-state index in [0.717, 1.165) is 12.8 Å².